The molecule has 0 spiro atoms. The number of hydrogen-bond donors (Lipinski definition) is 2. The maximum Gasteiger partial charge on any atom is 0.321 e. The van der Waals surface area contributed by atoms with Gasteiger partial charge in [0.25, 0.3) is 5.91 Å². The molecule has 0 atom stereocenters. The lowest BCUT2D eigenvalue weighted by Crippen LogP contribution is -2.39. The van der Waals surface area contributed by atoms with Gasteiger partial charge >= 0.3 is 6.03 Å². The van der Waals surface area contributed by atoms with Crippen LogP contribution in [-0.2, 0) is 0 Å². The van der Waals surface area contributed by atoms with Crippen molar-refractivity contribution in [1.82, 2.24) is 14.8 Å². The van der Waals surface area contributed by atoms with Gasteiger partial charge in [0.05, 0.1) is 5.56 Å². The maximum absolute atomic E-state index is 13.5. The smallest absolute Gasteiger partial charge is 0.321 e. The van der Waals surface area contributed by atoms with Crippen LogP contribution >= 0.6 is 11.6 Å². The Balaban J connectivity index is 1.42. The highest BCUT2D eigenvalue weighted by Crippen LogP contribution is 2.21. The first kappa shape index (κ1) is 22.5. The molecule has 1 fully saturated rings. The Morgan fingerprint density at radius 2 is 1.67 bits per heavy atom. The minimum absolute atomic E-state index is 0.195. The fraction of sp³-hybridized carbons (Fsp3) is 0.208. The SMILES string of the molecule is O=C(Nc1cccc(Cl)c1)N1CCCN(C(=O)c2cccnc2Nc2cccc(F)c2)CC1. The second kappa shape index (κ2) is 10.3. The number of amides is 3. The van der Waals surface area contributed by atoms with Crippen molar-refractivity contribution in [2.45, 2.75) is 6.42 Å². The monoisotopic (exact) mass is 467 g/mol. The fourth-order valence-electron chi connectivity index (χ4n) is 3.64. The number of anilines is 3. The quantitative estimate of drug-likeness (QED) is 0.566. The first-order valence-corrected chi connectivity index (χ1v) is 11.0. The van der Waals surface area contributed by atoms with Crippen LogP contribution in [0.3, 0.4) is 0 Å². The van der Waals surface area contributed by atoms with Crippen molar-refractivity contribution in [1.29, 1.82) is 0 Å². The molecule has 0 aliphatic carbocycles. The molecule has 3 amide bonds. The normalized spacial score (nSPS) is 13.9. The molecule has 3 aromatic rings. The highest BCUT2D eigenvalue weighted by atomic mass is 35.5. The van der Waals surface area contributed by atoms with Crippen molar-refractivity contribution in [2.75, 3.05) is 36.8 Å². The molecule has 170 valence electrons. The third-order valence-electron chi connectivity index (χ3n) is 5.27. The third-order valence-corrected chi connectivity index (χ3v) is 5.51. The molecule has 2 N–H and O–H groups in total. The average Bonchev–Trinajstić information content (AvgIpc) is 3.06. The van der Waals surface area contributed by atoms with Crippen LogP contribution in [0.1, 0.15) is 16.8 Å². The Morgan fingerprint density at radius 1 is 0.909 bits per heavy atom. The topological polar surface area (TPSA) is 77.6 Å². The molecule has 4 rings (SSSR count). The van der Waals surface area contributed by atoms with Gasteiger partial charge in [0.1, 0.15) is 11.6 Å². The van der Waals surface area contributed by atoms with Crippen molar-refractivity contribution in [3.8, 4) is 0 Å². The van der Waals surface area contributed by atoms with Crippen molar-refractivity contribution in [3.63, 3.8) is 0 Å². The zero-order valence-corrected chi connectivity index (χ0v) is 18.6. The molecule has 0 bridgehead atoms. The predicted molar refractivity (Wildman–Crippen MR) is 126 cm³/mol. The zero-order chi connectivity index (χ0) is 23.2. The van der Waals surface area contributed by atoms with Crippen molar-refractivity contribution >= 4 is 40.7 Å². The van der Waals surface area contributed by atoms with Gasteiger partial charge in [-0.25, -0.2) is 14.2 Å². The molecule has 2 aromatic carbocycles. The summed E-state index contributed by atoms with van der Waals surface area (Å²) in [6.07, 6.45) is 2.21. The van der Waals surface area contributed by atoms with Gasteiger partial charge in [0.2, 0.25) is 0 Å². The van der Waals surface area contributed by atoms with E-state index >= 15 is 0 Å². The lowest BCUT2D eigenvalue weighted by molar-refractivity contribution is 0.0763. The van der Waals surface area contributed by atoms with Crippen LogP contribution < -0.4 is 10.6 Å². The summed E-state index contributed by atoms with van der Waals surface area (Å²) in [6.45, 7) is 1.81. The van der Waals surface area contributed by atoms with E-state index in [-0.39, 0.29) is 17.8 Å². The summed E-state index contributed by atoms with van der Waals surface area (Å²) in [7, 11) is 0. The molecular formula is C24H23ClFN5O2. The van der Waals surface area contributed by atoms with Gasteiger partial charge in [0, 0.05) is 48.8 Å². The van der Waals surface area contributed by atoms with Crippen LogP contribution in [0, 0.1) is 5.82 Å². The number of halogens is 2. The number of pyridine rings is 1. The number of rotatable bonds is 4. The molecular weight excluding hydrogens is 445 g/mol. The number of carbonyl (C=O) groups excluding carboxylic acids is 2. The Morgan fingerprint density at radius 3 is 2.48 bits per heavy atom. The molecule has 1 aliphatic rings. The summed E-state index contributed by atoms with van der Waals surface area (Å²) in [4.78, 5) is 33.6. The molecule has 33 heavy (non-hydrogen) atoms. The van der Waals surface area contributed by atoms with E-state index < -0.39 is 0 Å². The van der Waals surface area contributed by atoms with Gasteiger partial charge in [-0.3, -0.25) is 4.79 Å². The number of nitrogens with zero attached hydrogens (tertiary/aromatic N) is 3. The van der Waals surface area contributed by atoms with Gasteiger partial charge in [-0.2, -0.15) is 0 Å². The summed E-state index contributed by atoms with van der Waals surface area (Å²) in [5.74, 6) is -0.223. The fourth-order valence-corrected chi connectivity index (χ4v) is 3.83. The lowest BCUT2D eigenvalue weighted by Gasteiger charge is -2.23. The van der Waals surface area contributed by atoms with E-state index in [1.54, 1.807) is 64.5 Å². The minimum atomic E-state index is -0.382. The number of hydrogen-bond acceptors (Lipinski definition) is 4. The molecule has 0 radical (unpaired) electrons. The summed E-state index contributed by atoms with van der Waals surface area (Å²) >= 11 is 5.99. The lowest BCUT2D eigenvalue weighted by atomic mass is 10.2. The molecule has 7 nitrogen and oxygen atoms in total. The van der Waals surface area contributed by atoms with Crippen LogP contribution in [0.4, 0.5) is 26.4 Å². The van der Waals surface area contributed by atoms with E-state index in [1.807, 2.05) is 0 Å². The standard InChI is InChI=1S/C24H23ClFN5O2/c25-17-5-1-7-19(15-17)29-24(33)31-12-4-11-30(13-14-31)23(32)21-9-3-10-27-22(21)28-20-8-2-6-18(26)16-20/h1-3,5-10,15-16H,4,11-14H2,(H,27,28)(H,29,33). The third kappa shape index (κ3) is 5.78. The Bertz CT molecular complexity index is 1160. The minimum Gasteiger partial charge on any atom is -0.339 e. The van der Waals surface area contributed by atoms with Crippen LogP contribution in [0.2, 0.25) is 5.02 Å². The first-order valence-electron chi connectivity index (χ1n) is 10.6. The molecule has 1 aromatic heterocycles. The summed E-state index contributed by atoms with van der Waals surface area (Å²) < 4.78 is 13.5. The molecule has 1 aliphatic heterocycles. The number of urea groups is 1. The van der Waals surface area contributed by atoms with Gasteiger partial charge in [0.15, 0.2) is 0 Å². The van der Waals surface area contributed by atoms with E-state index in [9.17, 15) is 14.0 Å². The van der Waals surface area contributed by atoms with E-state index in [2.05, 4.69) is 15.6 Å². The Hall–Kier alpha value is -3.65. The summed E-state index contributed by atoms with van der Waals surface area (Å²) in [6, 6.07) is 16.1. The molecule has 1 saturated heterocycles. The molecule has 2 heterocycles. The predicted octanol–water partition coefficient (Wildman–Crippen LogP) is 5.00. The van der Waals surface area contributed by atoms with E-state index in [1.165, 1.54) is 12.1 Å². The van der Waals surface area contributed by atoms with Crippen molar-refractivity contribution < 1.29 is 14.0 Å². The average molecular weight is 468 g/mol. The van der Waals surface area contributed by atoms with E-state index in [0.29, 0.717) is 60.4 Å². The first-order chi connectivity index (χ1) is 16.0. The summed E-state index contributed by atoms with van der Waals surface area (Å²) in [5, 5.41) is 6.41. The molecule has 9 heteroatoms. The molecule has 0 unspecified atom stereocenters. The zero-order valence-electron chi connectivity index (χ0n) is 17.8. The van der Waals surface area contributed by atoms with Crippen LogP contribution in [0.5, 0.6) is 0 Å². The second-order valence-electron chi connectivity index (χ2n) is 7.61. The second-order valence-corrected chi connectivity index (χ2v) is 8.04. The molecule has 0 saturated carbocycles. The van der Waals surface area contributed by atoms with Crippen LogP contribution in [0.25, 0.3) is 0 Å². The van der Waals surface area contributed by atoms with Gasteiger partial charge in [-0.05, 0) is 55.0 Å². The van der Waals surface area contributed by atoms with Crippen LogP contribution in [-0.4, -0.2) is 52.9 Å². The van der Waals surface area contributed by atoms with Crippen molar-refractivity contribution in [3.05, 3.63) is 83.3 Å². The number of nitrogens with one attached hydrogen (secondary N) is 2. The van der Waals surface area contributed by atoms with Gasteiger partial charge in [-0.1, -0.05) is 23.7 Å². The number of benzene rings is 2. The Labute approximate surface area is 196 Å². The summed E-state index contributed by atoms with van der Waals surface area (Å²) in [5.41, 5.74) is 1.51. The Kier molecular flexibility index (Phi) is 7.04. The van der Waals surface area contributed by atoms with Gasteiger partial charge in [-0.15, -0.1) is 0 Å². The maximum atomic E-state index is 13.5. The van der Waals surface area contributed by atoms with Crippen LogP contribution in [0.15, 0.2) is 66.9 Å². The van der Waals surface area contributed by atoms with E-state index in [0.717, 1.165) is 0 Å². The van der Waals surface area contributed by atoms with E-state index in [4.69, 9.17) is 11.6 Å². The highest BCUT2D eigenvalue weighted by Gasteiger charge is 2.25. The van der Waals surface area contributed by atoms with Crippen molar-refractivity contribution in [2.24, 2.45) is 0 Å². The number of carbonyl (C=O) groups is 2. The number of aromatic nitrogens is 1. The van der Waals surface area contributed by atoms with Gasteiger partial charge < -0.3 is 20.4 Å². The highest BCUT2D eigenvalue weighted by molar-refractivity contribution is 6.30. The largest absolute Gasteiger partial charge is 0.339 e.